The first-order chi connectivity index (χ1) is 9.49. The maximum absolute atomic E-state index is 12.5. The number of hydrogen-bond donors (Lipinski definition) is 2. The molecule has 0 aliphatic rings. The standard InChI is InChI=1S/C11H15Br2N3O3S/c1-19-5-4-16(3-2-9(14)15-18)11(17)7-6-8(12)20-10(7)13/h6,18H,2-5H2,1H3,(H2,14,15). The number of oxime groups is 1. The summed E-state index contributed by atoms with van der Waals surface area (Å²) in [5, 5.41) is 11.5. The van der Waals surface area contributed by atoms with Gasteiger partial charge in [-0.25, -0.2) is 0 Å². The number of carbonyl (C=O) groups excluding carboxylic acids is 1. The third kappa shape index (κ3) is 5.04. The maximum atomic E-state index is 12.5. The number of methoxy groups -OCH3 is 1. The van der Waals surface area contributed by atoms with Crippen LogP contribution in [0.2, 0.25) is 0 Å². The highest BCUT2D eigenvalue weighted by molar-refractivity contribution is 9.12. The monoisotopic (exact) mass is 427 g/mol. The summed E-state index contributed by atoms with van der Waals surface area (Å²) in [6, 6.07) is 1.76. The van der Waals surface area contributed by atoms with Crippen LogP contribution < -0.4 is 5.73 Å². The Kier molecular flexibility index (Phi) is 7.49. The fourth-order valence-electron chi connectivity index (χ4n) is 1.47. The molecule has 3 N–H and O–H groups in total. The molecule has 1 aromatic rings. The highest BCUT2D eigenvalue weighted by Gasteiger charge is 2.20. The molecule has 112 valence electrons. The van der Waals surface area contributed by atoms with Gasteiger partial charge < -0.3 is 20.6 Å². The van der Waals surface area contributed by atoms with Crippen LogP contribution in [0.1, 0.15) is 16.8 Å². The van der Waals surface area contributed by atoms with Crippen molar-refractivity contribution >= 4 is 54.9 Å². The summed E-state index contributed by atoms with van der Waals surface area (Å²) in [5.41, 5.74) is 6.02. The number of halogens is 2. The summed E-state index contributed by atoms with van der Waals surface area (Å²) in [6.07, 6.45) is 0.300. The zero-order chi connectivity index (χ0) is 15.1. The number of nitrogens with zero attached hydrogens (tertiary/aromatic N) is 2. The minimum Gasteiger partial charge on any atom is -0.409 e. The van der Waals surface area contributed by atoms with E-state index < -0.39 is 0 Å². The molecule has 9 heteroatoms. The molecule has 0 bridgehead atoms. The molecule has 1 amide bonds. The number of hydrogen-bond acceptors (Lipinski definition) is 5. The average molecular weight is 429 g/mol. The average Bonchev–Trinajstić information content (AvgIpc) is 2.76. The van der Waals surface area contributed by atoms with E-state index in [0.717, 1.165) is 7.57 Å². The summed E-state index contributed by atoms with van der Waals surface area (Å²) in [4.78, 5) is 14.1. The Balaban J connectivity index is 2.81. The van der Waals surface area contributed by atoms with Gasteiger partial charge in [-0.2, -0.15) is 0 Å². The Labute approximate surface area is 137 Å². The lowest BCUT2D eigenvalue weighted by Gasteiger charge is -2.22. The van der Waals surface area contributed by atoms with E-state index in [2.05, 4.69) is 37.0 Å². The Morgan fingerprint density at radius 3 is 2.75 bits per heavy atom. The van der Waals surface area contributed by atoms with Crippen LogP contribution in [0.3, 0.4) is 0 Å². The van der Waals surface area contributed by atoms with Crippen LogP contribution in [-0.2, 0) is 4.74 Å². The van der Waals surface area contributed by atoms with Gasteiger partial charge >= 0.3 is 0 Å². The fraction of sp³-hybridized carbons (Fsp3) is 0.455. The third-order valence-corrected chi connectivity index (χ3v) is 4.85. The number of thiophene rings is 1. The number of ether oxygens (including phenoxy) is 1. The van der Waals surface area contributed by atoms with Gasteiger partial charge in [-0.15, -0.1) is 11.3 Å². The Morgan fingerprint density at radius 1 is 1.55 bits per heavy atom. The summed E-state index contributed by atoms with van der Waals surface area (Å²) in [6.45, 7) is 1.22. The normalized spacial score (nSPS) is 11.7. The molecule has 0 atom stereocenters. The first-order valence-corrected chi connectivity index (χ1v) is 8.09. The zero-order valence-electron chi connectivity index (χ0n) is 10.8. The molecule has 0 spiro atoms. The number of rotatable bonds is 7. The number of amides is 1. The molecule has 0 aliphatic heterocycles. The molecule has 0 saturated carbocycles. The van der Waals surface area contributed by atoms with Crippen LogP contribution in [-0.4, -0.2) is 48.7 Å². The Hall–Kier alpha value is -0.640. The van der Waals surface area contributed by atoms with Crippen LogP contribution >= 0.6 is 43.2 Å². The van der Waals surface area contributed by atoms with Gasteiger partial charge in [0.05, 0.1) is 19.7 Å². The SMILES string of the molecule is COCCN(CC/C(N)=N/O)C(=O)c1cc(Br)sc1Br. The van der Waals surface area contributed by atoms with E-state index in [9.17, 15) is 4.79 Å². The second-order valence-corrected chi connectivity index (χ2v) is 7.61. The predicted octanol–water partition coefficient (Wildman–Crippen LogP) is 2.50. The Bertz CT molecular complexity index is 493. The summed E-state index contributed by atoms with van der Waals surface area (Å²) in [5.74, 6) is -0.0348. The molecule has 6 nitrogen and oxygen atoms in total. The molecular weight excluding hydrogens is 414 g/mol. The molecule has 1 heterocycles. The van der Waals surface area contributed by atoms with E-state index in [0.29, 0.717) is 31.7 Å². The van der Waals surface area contributed by atoms with Crippen molar-refractivity contribution in [3.05, 3.63) is 19.2 Å². The van der Waals surface area contributed by atoms with Crippen molar-refractivity contribution in [2.75, 3.05) is 26.8 Å². The lowest BCUT2D eigenvalue weighted by atomic mass is 10.2. The van der Waals surface area contributed by atoms with Crippen molar-refractivity contribution < 1.29 is 14.7 Å². The van der Waals surface area contributed by atoms with Gasteiger partial charge in [0.2, 0.25) is 0 Å². The van der Waals surface area contributed by atoms with Gasteiger partial charge in [-0.3, -0.25) is 4.79 Å². The van der Waals surface area contributed by atoms with Crippen molar-refractivity contribution in [1.29, 1.82) is 0 Å². The smallest absolute Gasteiger partial charge is 0.255 e. The molecule has 0 aromatic carbocycles. The first kappa shape index (κ1) is 17.4. The highest BCUT2D eigenvalue weighted by Crippen LogP contribution is 2.32. The quantitative estimate of drug-likeness (QED) is 0.302. The second kappa shape index (κ2) is 8.60. The molecule has 0 saturated heterocycles. The molecule has 0 radical (unpaired) electrons. The highest BCUT2D eigenvalue weighted by atomic mass is 79.9. The van der Waals surface area contributed by atoms with E-state index in [1.54, 1.807) is 18.1 Å². The van der Waals surface area contributed by atoms with Crippen molar-refractivity contribution in [2.45, 2.75) is 6.42 Å². The van der Waals surface area contributed by atoms with Crippen molar-refractivity contribution in [2.24, 2.45) is 10.9 Å². The van der Waals surface area contributed by atoms with Crippen LogP contribution in [0.25, 0.3) is 0 Å². The number of carbonyl (C=O) groups is 1. The minimum absolute atomic E-state index is 0.0887. The predicted molar refractivity (Wildman–Crippen MR) is 85.5 cm³/mol. The molecule has 0 fully saturated rings. The minimum atomic E-state index is -0.124. The van der Waals surface area contributed by atoms with Crippen LogP contribution in [0.4, 0.5) is 0 Å². The summed E-state index contributed by atoms with van der Waals surface area (Å²) < 4.78 is 6.64. The number of amidine groups is 1. The largest absolute Gasteiger partial charge is 0.409 e. The molecule has 0 aliphatic carbocycles. The van der Waals surface area contributed by atoms with Crippen LogP contribution in [0.15, 0.2) is 18.8 Å². The van der Waals surface area contributed by atoms with Crippen LogP contribution in [0.5, 0.6) is 0 Å². The lowest BCUT2D eigenvalue weighted by molar-refractivity contribution is 0.0700. The van der Waals surface area contributed by atoms with Crippen molar-refractivity contribution in [3.63, 3.8) is 0 Å². The summed E-state index contributed by atoms with van der Waals surface area (Å²) >= 11 is 8.15. The first-order valence-electron chi connectivity index (χ1n) is 5.69. The van der Waals surface area contributed by atoms with Gasteiger partial charge in [0, 0.05) is 26.6 Å². The van der Waals surface area contributed by atoms with Crippen molar-refractivity contribution in [1.82, 2.24) is 4.90 Å². The lowest BCUT2D eigenvalue weighted by Crippen LogP contribution is -2.36. The van der Waals surface area contributed by atoms with Crippen molar-refractivity contribution in [3.8, 4) is 0 Å². The van der Waals surface area contributed by atoms with Gasteiger partial charge in [0.1, 0.15) is 5.84 Å². The fourth-order valence-corrected chi connectivity index (χ4v) is 4.25. The van der Waals surface area contributed by atoms with E-state index in [-0.39, 0.29) is 11.7 Å². The third-order valence-electron chi connectivity index (χ3n) is 2.51. The number of nitrogens with two attached hydrogens (primary N) is 1. The molecular formula is C11H15Br2N3O3S. The van der Waals surface area contributed by atoms with Gasteiger partial charge in [-0.1, -0.05) is 5.16 Å². The van der Waals surface area contributed by atoms with Gasteiger partial charge in [0.25, 0.3) is 5.91 Å². The zero-order valence-corrected chi connectivity index (χ0v) is 14.8. The van der Waals surface area contributed by atoms with E-state index in [1.807, 2.05) is 0 Å². The van der Waals surface area contributed by atoms with Crippen LogP contribution in [0, 0.1) is 0 Å². The molecule has 1 aromatic heterocycles. The Morgan fingerprint density at radius 2 is 2.25 bits per heavy atom. The summed E-state index contributed by atoms with van der Waals surface area (Å²) in [7, 11) is 1.57. The molecule has 0 unspecified atom stereocenters. The van der Waals surface area contributed by atoms with E-state index in [4.69, 9.17) is 15.7 Å². The van der Waals surface area contributed by atoms with Gasteiger partial charge in [-0.05, 0) is 37.9 Å². The maximum Gasteiger partial charge on any atom is 0.255 e. The van der Waals surface area contributed by atoms with Gasteiger partial charge in [0.15, 0.2) is 0 Å². The topological polar surface area (TPSA) is 88.2 Å². The van der Waals surface area contributed by atoms with E-state index >= 15 is 0 Å². The molecule has 1 rings (SSSR count). The van der Waals surface area contributed by atoms with E-state index in [1.165, 1.54) is 11.3 Å². The molecule has 20 heavy (non-hydrogen) atoms. The second-order valence-electron chi connectivity index (χ2n) is 3.86.